The number of phenols is 1. The van der Waals surface area contributed by atoms with Gasteiger partial charge in [-0.2, -0.15) is 12.6 Å². The van der Waals surface area contributed by atoms with E-state index in [4.69, 9.17) is 10.8 Å². The Morgan fingerprint density at radius 3 is 2.85 bits per heavy atom. The molecule has 0 aliphatic heterocycles. The molecule has 2 nitrogen and oxygen atoms in total. The number of aromatic hydroxyl groups is 1. The Kier molecular flexibility index (Phi) is 3.71. The Labute approximate surface area is 83.5 Å². The monoisotopic (exact) mass is 195 g/mol. The summed E-state index contributed by atoms with van der Waals surface area (Å²) in [4.78, 5) is 0. The summed E-state index contributed by atoms with van der Waals surface area (Å²) in [5, 5.41) is 9.15. The summed E-state index contributed by atoms with van der Waals surface area (Å²) >= 11 is 4.09. The normalized spacial score (nSPS) is 10.8. The number of hydrogen-bond acceptors (Lipinski definition) is 3. The van der Waals surface area contributed by atoms with E-state index >= 15 is 0 Å². The molecule has 0 radical (unpaired) electrons. The first-order chi connectivity index (χ1) is 6.24. The zero-order valence-corrected chi connectivity index (χ0v) is 8.17. The van der Waals surface area contributed by atoms with Gasteiger partial charge >= 0.3 is 0 Å². The van der Waals surface area contributed by atoms with E-state index in [0.29, 0.717) is 5.69 Å². The van der Waals surface area contributed by atoms with Gasteiger partial charge in [-0.3, -0.25) is 0 Å². The van der Waals surface area contributed by atoms with Crippen LogP contribution in [0.1, 0.15) is 12.0 Å². The second-order valence-corrected chi connectivity index (χ2v) is 3.18. The fourth-order valence-corrected chi connectivity index (χ4v) is 1.12. The molecule has 3 N–H and O–H groups in total. The third-order valence-corrected chi connectivity index (χ3v) is 1.92. The molecule has 1 aromatic rings. The Balaban J connectivity index is 2.73. The maximum atomic E-state index is 9.15. The van der Waals surface area contributed by atoms with Crippen molar-refractivity contribution in [3.8, 4) is 5.75 Å². The van der Waals surface area contributed by atoms with Crippen molar-refractivity contribution in [1.82, 2.24) is 0 Å². The number of benzene rings is 1. The van der Waals surface area contributed by atoms with Crippen molar-refractivity contribution >= 4 is 24.4 Å². The van der Waals surface area contributed by atoms with Gasteiger partial charge in [-0.15, -0.1) is 0 Å². The van der Waals surface area contributed by atoms with Crippen LogP contribution in [-0.4, -0.2) is 10.9 Å². The van der Waals surface area contributed by atoms with Crippen LogP contribution in [-0.2, 0) is 0 Å². The molecule has 0 spiro atoms. The largest absolute Gasteiger partial charge is 0.506 e. The molecule has 0 amide bonds. The van der Waals surface area contributed by atoms with Crippen LogP contribution in [0.15, 0.2) is 24.3 Å². The smallest absolute Gasteiger partial charge is 0.138 e. The molecule has 0 saturated heterocycles. The third-order valence-electron chi connectivity index (χ3n) is 1.66. The number of allylic oxidation sites excluding steroid dienone is 1. The molecule has 0 bridgehead atoms. The SMILES string of the molecule is Nc1cc(C=CCCS)ccc1O. The Hall–Kier alpha value is -1.09. The minimum absolute atomic E-state index is 0.131. The number of thiol groups is 1. The second kappa shape index (κ2) is 4.82. The number of phenolic OH excluding ortho intramolecular Hbond substituents is 1. The summed E-state index contributed by atoms with van der Waals surface area (Å²) in [6.07, 6.45) is 4.93. The third kappa shape index (κ3) is 3.03. The van der Waals surface area contributed by atoms with Crippen LogP contribution in [0.25, 0.3) is 6.08 Å². The van der Waals surface area contributed by atoms with E-state index in [1.54, 1.807) is 12.1 Å². The molecule has 0 aliphatic carbocycles. The van der Waals surface area contributed by atoms with E-state index in [1.807, 2.05) is 18.2 Å². The van der Waals surface area contributed by atoms with Gasteiger partial charge in [0.25, 0.3) is 0 Å². The van der Waals surface area contributed by atoms with Gasteiger partial charge in [-0.25, -0.2) is 0 Å². The van der Waals surface area contributed by atoms with E-state index < -0.39 is 0 Å². The average Bonchev–Trinajstić information content (AvgIpc) is 2.12. The highest BCUT2D eigenvalue weighted by atomic mass is 32.1. The van der Waals surface area contributed by atoms with Crippen LogP contribution >= 0.6 is 12.6 Å². The van der Waals surface area contributed by atoms with E-state index in [-0.39, 0.29) is 5.75 Å². The maximum absolute atomic E-state index is 9.15. The minimum Gasteiger partial charge on any atom is -0.506 e. The van der Waals surface area contributed by atoms with Gasteiger partial charge in [0.15, 0.2) is 0 Å². The van der Waals surface area contributed by atoms with E-state index in [1.165, 1.54) is 0 Å². The predicted octanol–water partition coefficient (Wildman–Crippen LogP) is 2.31. The molecule has 1 aromatic carbocycles. The summed E-state index contributed by atoms with van der Waals surface area (Å²) in [7, 11) is 0. The molecule has 70 valence electrons. The van der Waals surface area contributed by atoms with Crippen LogP contribution in [0.3, 0.4) is 0 Å². The zero-order chi connectivity index (χ0) is 9.68. The summed E-state index contributed by atoms with van der Waals surface area (Å²) in [6.45, 7) is 0. The molecule has 0 aliphatic rings. The van der Waals surface area contributed by atoms with Crippen molar-refractivity contribution in [2.45, 2.75) is 6.42 Å². The van der Waals surface area contributed by atoms with Crippen molar-refractivity contribution in [3.05, 3.63) is 29.8 Å². The van der Waals surface area contributed by atoms with Crippen molar-refractivity contribution in [2.24, 2.45) is 0 Å². The highest BCUT2D eigenvalue weighted by Gasteiger charge is 1.94. The topological polar surface area (TPSA) is 46.2 Å². The van der Waals surface area contributed by atoms with Crippen LogP contribution in [0.5, 0.6) is 5.75 Å². The van der Waals surface area contributed by atoms with E-state index in [2.05, 4.69) is 12.6 Å². The molecular formula is C10H13NOS. The van der Waals surface area contributed by atoms with Crippen LogP contribution in [0.4, 0.5) is 5.69 Å². The molecule has 0 atom stereocenters. The van der Waals surface area contributed by atoms with Crippen molar-refractivity contribution in [3.63, 3.8) is 0 Å². The molecule has 1 rings (SSSR count). The quantitative estimate of drug-likeness (QED) is 0.394. The van der Waals surface area contributed by atoms with Crippen molar-refractivity contribution in [1.29, 1.82) is 0 Å². The van der Waals surface area contributed by atoms with Gasteiger partial charge in [-0.05, 0) is 29.9 Å². The van der Waals surface area contributed by atoms with Crippen molar-refractivity contribution in [2.75, 3.05) is 11.5 Å². The maximum Gasteiger partial charge on any atom is 0.138 e. The first-order valence-electron chi connectivity index (χ1n) is 4.10. The van der Waals surface area contributed by atoms with Gasteiger partial charge in [0, 0.05) is 0 Å². The number of rotatable bonds is 3. The molecule has 3 heteroatoms. The lowest BCUT2D eigenvalue weighted by Gasteiger charge is -1.99. The molecule has 0 unspecified atom stereocenters. The molecule has 0 fully saturated rings. The number of nitrogen functional groups attached to an aromatic ring is 1. The minimum atomic E-state index is 0.131. The summed E-state index contributed by atoms with van der Waals surface area (Å²) < 4.78 is 0. The van der Waals surface area contributed by atoms with Crippen LogP contribution in [0, 0.1) is 0 Å². The van der Waals surface area contributed by atoms with Gasteiger partial charge in [0.2, 0.25) is 0 Å². The second-order valence-electron chi connectivity index (χ2n) is 2.73. The Morgan fingerprint density at radius 1 is 1.46 bits per heavy atom. The van der Waals surface area contributed by atoms with Gasteiger partial charge < -0.3 is 10.8 Å². The first-order valence-corrected chi connectivity index (χ1v) is 4.73. The van der Waals surface area contributed by atoms with Gasteiger partial charge in [-0.1, -0.05) is 18.2 Å². The fraction of sp³-hybridized carbons (Fsp3) is 0.200. The molecule has 0 heterocycles. The van der Waals surface area contributed by atoms with Gasteiger partial charge in [0.05, 0.1) is 5.69 Å². The lowest BCUT2D eigenvalue weighted by Crippen LogP contribution is -1.85. The summed E-state index contributed by atoms with van der Waals surface area (Å²) in [5.41, 5.74) is 6.93. The Bertz CT molecular complexity index is 310. The predicted molar refractivity (Wildman–Crippen MR) is 60.0 cm³/mol. The van der Waals surface area contributed by atoms with Crippen LogP contribution in [0.2, 0.25) is 0 Å². The first kappa shape index (κ1) is 9.99. The van der Waals surface area contributed by atoms with Gasteiger partial charge in [0.1, 0.15) is 5.75 Å². The van der Waals surface area contributed by atoms with Crippen molar-refractivity contribution < 1.29 is 5.11 Å². The number of hydrogen-bond donors (Lipinski definition) is 3. The zero-order valence-electron chi connectivity index (χ0n) is 7.27. The molecule has 0 aromatic heterocycles. The number of nitrogens with two attached hydrogens (primary N) is 1. The van der Waals surface area contributed by atoms with E-state index in [9.17, 15) is 0 Å². The lowest BCUT2D eigenvalue weighted by molar-refractivity contribution is 0.478. The molecule has 0 saturated carbocycles. The molecule has 13 heavy (non-hydrogen) atoms. The number of anilines is 1. The summed E-state index contributed by atoms with van der Waals surface area (Å²) in [5.74, 6) is 0.968. The lowest BCUT2D eigenvalue weighted by atomic mass is 10.1. The van der Waals surface area contributed by atoms with E-state index in [0.717, 1.165) is 17.7 Å². The summed E-state index contributed by atoms with van der Waals surface area (Å²) in [6, 6.07) is 5.15. The standard InChI is InChI=1S/C10H13NOS/c11-9-7-8(3-1-2-6-13)4-5-10(9)12/h1,3-5,7,12-13H,2,6,11H2. The van der Waals surface area contributed by atoms with Crippen LogP contribution < -0.4 is 5.73 Å². The Morgan fingerprint density at radius 2 is 2.23 bits per heavy atom. The highest BCUT2D eigenvalue weighted by Crippen LogP contribution is 2.20. The molecular weight excluding hydrogens is 182 g/mol. The fourth-order valence-electron chi connectivity index (χ4n) is 0.971. The highest BCUT2D eigenvalue weighted by molar-refractivity contribution is 7.80. The average molecular weight is 195 g/mol.